The molecule has 0 aliphatic carbocycles. The van der Waals surface area contributed by atoms with Crippen molar-refractivity contribution in [2.45, 2.75) is 11.3 Å². The summed E-state index contributed by atoms with van der Waals surface area (Å²) in [5, 5.41) is 6.64. The summed E-state index contributed by atoms with van der Waals surface area (Å²) < 4.78 is 0. The van der Waals surface area contributed by atoms with E-state index >= 15 is 0 Å². The van der Waals surface area contributed by atoms with E-state index in [9.17, 15) is 0 Å². The third kappa shape index (κ3) is 5.48. The molecule has 0 heterocycles. The lowest BCUT2D eigenvalue weighted by atomic mass is 10.1. The van der Waals surface area contributed by atoms with Crippen molar-refractivity contribution in [1.29, 1.82) is 0 Å². The van der Waals surface area contributed by atoms with Gasteiger partial charge in [0, 0.05) is 4.90 Å². The Morgan fingerprint density at radius 1 is 0.586 bits per heavy atom. The summed E-state index contributed by atoms with van der Waals surface area (Å²) in [5.74, 6) is 0. The van der Waals surface area contributed by atoms with Gasteiger partial charge in [0.1, 0.15) is 0 Å². The molecule has 0 saturated carbocycles. The molecule has 0 fully saturated rings. The Morgan fingerprint density at radius 2 is 1.03 bits per heavy atom. The monoisotopic (exact) mass is 410 g/mol. The van der Waals surface area contributed by atoms with E-state index in [0.717, 1.165) is 6.42 Å². The number of rotatable bonds is 7. The van der Waals surface area contributed by atoms with Crippen molar-refractivity contribution >= 4 is 30.3 Å². The van der Waals surface area contributed by atoms with Crippen LogP contribution in [0.3, 0.4) is 0 Å². The van der Waals surface area contributed by atoms with Gasteiger partial charge in [0.05, 0.1) is 0 Å². The van der Waals surface area contributed by atoms with Gasteiger partial charge in [-0.1, -0.05) is 121 Å². The summed E-state index contributed by atoms with van der Waals surface area (Å²) in [5.41, 5.74) is 1.35. The van der Waals surface area contributed by atoms with Crippen molar-refractivity contribution in [2.24, 2.45) is 0 Å². The molecule has 0 N–H and O–H groups in total. The molecule has 0 bridgehead atoms. The second-order valence-electron chi connectivity index (χ2n) is 6.71. The van der Waals surface area contributed by atoms with Crippen molar-refractivity contribution in [2.75, 3.05) is 0 Å². The highest BCUT2D eigenvalue weighted by Gasteiger charge is 2.19. The molecule has 142 valence electrons. The Bertz CT molecular complexity index is 989. The van der Waals surface area contributed by atoms with Gasteiger partial charge in [-0.05, 0) is 53.4 Å². The highest BCUT2D eigenvalue weighted by molar-refractivity contribution is 8.02. The maximum atomic E-state index is 2.38. The second-order valence-corrected chi connectivity index (χ2v) is 9.93. The van der Waals surface area contributed by atoms with Crippen LogP contribution in [0.4, 0.5) is 0 Å². The minimum Gasteiger partial charge on any atom is -0.0977 e. The highest BCUT2D eigenvalue weighted by Crippen LogP contribution is 2.46. The Kier molecular flexibility index (Phi) is 6.97. The standard InChI is InChI=1S/C27H23PS/c1-5-13-23(14-6-1)21-26(22-29-27-19-11-4-12-20-27)28(24-15-7-2-8-16-24)25-17-9-3-10-18-25/h1-20,22H,21H2/b26-22+. The molecule has 4 aromatic rings. The molecule has 0 nitrogen and oxygen atoms in total. The molecule has 29 heavy (non-hydrogen) atoms. The third-order valence-corrected chi connectivity index (χ3v) is 8.23. The molecule has 4 rings (SSSR count). The van der Waals surface area contributed by atoms with Crippen LogP contribution in [0.2, 0.25) is 0 Å². The summed E-state index contributed by atoms with van der Waals surface area (Å²) in [6.45, 7) is 0. The molecule has 4 aromatic carbocycles. The van der Waals surface area contributed by atoms with Gasteiger partial charge < -0.3 is 0 Å². The summed E-state index contributed by atoms with van der Waals surface area (Å²) in [6.07, 6.45) is 0.955. The van der Waals surface area contributed by atoms with Crippen molar-refractivity contribution in [3.63, 3.8) is 0 Å². The number of hydrogen-bond acceptors (Lipinski definition) is 1. The fourth-order valence-electron chi connectivity index (χ4n) is 3.25. The Hall–Kier alpha value is -2.60. The zero-order valence-corrected chi connectivity index (χ0v) is 17.9. The van der Waals surface area contributed by atoms with Crippen LogP contribution in [0.1, 0.15) is 5.56 Å². The molecular formula is C27H23PS. The Labute approximate surface area is 179 Å². The predicted molar refractivity (Wildman–Crippen MR) is 130 cm³/mol. The van der Waals surface area contributed by atoms with Gasteiger partial charge in [0.25, 0.3) is 0 Å². The fraction of sp³-hybridized carbons (Fsp3) is 0.0370. The van der Waals surface area contributed by atoms with Gasteiger partial charge in [0.15, 0.2) is 0 Å². The quantitative estimate of drug-likeness (QED) is 0.234. The van der Waals surface area contributed by atoms with E-state index in [-0.39, 0.29) is 0 Å². The highest BCUT2D eigenvalue weighted by atomic mass is 32.2. The van der Waals surface area contributed by atoms with Crippen LogP contribution in [-0.4, -0.2) is 0 Å². The normalized spacial score (nSPS) is 11.6. The lowest BCUT2D eigenvalue weighted by Gasteiger charge is -2.22. The van der Waals surface area contributed by atoms with Gasteiger partial charge in [-0.3, -0.25) is 0 Å². The van der Waals surface area contributed by atoms with Crippen LogP contribution < -0.4 is 10.6 Å². The fourth-order valence-corrected chi connectivity index (χ4v) is 6.74. The van der Waals surface area contributed by atoms with Crippen LogP contribution in [0.25, 0.3) is 0 Å². The van der Waals surface area contributed by atoms with Crippen molar-refractivity contribution in [1.82, 2.24) is 0 Å². The topological polar surface area (TPSA) is 0 Å². The van der Waals surface area contributed by atoms with Crippen LogP contribution >= 0.6 is 19.7 Å². The van der Waals surface area contributed by atoms with E-state index in [1.807, 2.05) is 11.8 Å². The smallest absolute Gasteiger partial charge is 0.0116 e. The van der Waals surface area contributed by atoms with Crippen LogP contribution in [-0.2, 0) is 6.42 Å². The van der Waals surface area contributed by atoms with E-state index in [1.54, 1.807) is 0 Å². The van der Waals surface area contributed by atoms with Crippen molar-refractivity contribution in [3.8, 4) is 0 Å². The zero-order valence-electron chi connectivity index (χ0n) is 16.2. The van der Waals surface area contributed by atoms with E-state index in [2.05, 4.69) is 127 Å². The largest absolute Gasteiger partial charge is 0.0977 e. The first-order valence-corrected chi connectivity index (χ1v) is 12.0. The van der Waals surface area contributed by atoms with Crippen molar-refractivity contribution < 1.29 is 0 Å². The van der Waals surface area contributed by atoms with Gasteiger partial charge in [-0.15, -0.1) is 0 Å². The van der Waals surface area contributed by atoms with Crippen molar-refractivity contribution in [3.05, 3.63) is 138 Å². The molecule has 0 unspecified atom stereocenters. The average molecular weight is 411 g/mol. The molecule has 0 aromatic heterocycles. The molecule has 0 atom stereocenters. The van der Waals surface area contributed by atoms with Crippen LogP contribution in [0.5, 0.6) is 0 Å². The summed E-state index contributed by atoms with van der Waals surface area (Å²) in [4.78, 5) is 1.27. The Morgan fingerprint density at radius 3 is 1.55 bits per heavy atom. The molecule has 0 aliphatic rings. The zero-order chi connectivity index (χ0) is 19.7. The number of hydrogen-bond donors (Lipinski definition) is 0. The Balaban J connectivity index is 1.77. The van der Waals surface area contributed by atoms with Gasteiger partial charge >= 0.3 is 0 Å². The molecule has 0 spiro atoms. The number of benzene rings is 4. The van der Waals surface area contributed by atoms with E-state index in [1.165, 1.54) is 26.4 Å². The maximum Gasteiger partial charge on any atom is 0.0116 e. The van der Waals surface area contributed by atoms with E-state index in [0.29, 0.717) is 0 Å². The van der Waals surface area contributed by atoms with Crippen LogP contribution in [0, 0.1) is 0 Å². The molecule has 0 radical (unpaired) electrons. The van der Waals surface area contributed by atoms with E-state index in [4.69, 9.17) is 0 Å². The van der Waals surface area contributed by atoms with E-state index < -0.39 is 7.92 Å². The first-order chi connectivity index (χ1) is 14.4. The molecule has 0 amide bonds. The first kappa shape index (κ1) is 19.7. The lowest BCUT2D eigenvalue weighted by molar-refractivity contribution is 1.25. The first-order valence-electron chi connectivity index (χ1n) is 9.75. The van der Waals surface area contributed by atoms with Gasteiger partial charge in [0.2, 0.25) is 0 Å². The molecular weight excluding hydrogens is 387 g/mol. The summed E-state index contributed by atoms with van der Waals surface area (Å²) >= 11 is 1.82. The SMILES string of the molecule is C(/Sc1ccccc1)=C(/Cc1ccccc1)P(c1ccccc1)c1ccccc1. The second kappa shape index (κ2) is 10.3. The number of thioether (sulfide) groups is 1. The summed E-state index contributed by atoms with van der Waals surface area (Å²) in [6, 6.07) is 43.3. The predicted octanol–water partition coefficient (Wildman–Crippen LogP) is 7.00. The molecule has 2 heteroatoms. The maximum absolute atomic E-state index is 2.38. The minimum atomic E-state index is -0.594. The molecule has 0 aliphatic heterocycles. The minimum absolute atomic E-state index is 0.594. The third-order valence-electron chi connectivity index (χ3n) is 4.62. The number of allylic oxidation sites excluding steroid dienone is 1. The molecule has 0 saturated heterocycles. The summed E-state index contributed by atoms with van der Waals surface area (Å²) in [7, 11) is -0.594. The van der Waals surface area contributed by atoms with Gasteiger partial charge in [-0.25, -0.2) is 0 Å². The lowest BCUT2D eigenvalue weighted by Crippen LogP contribution is -2.13. The van der Waals surface area contributed by atoms with Gasteiger partial charge in [-0.2, -0.15) is 0 Å². The van der Waals surface area contributed by atoms with Crippen LogP contribution in [0.15, 0.2) is 137 Å². The average Bonchev–Trinajstić information content (AvgIpc) is 2.80.